The molecule has 0 saturated carbocycles. The molecule has 0 saturated heterocycles. The second-order valence-electron chi connectivity index (χ2n) is 6.01. The third-order valence-electron chi connectivity index (χ3n) is 4.10. The summed E-state index contributed by atoms with van der Waals surface area (Å²) in [7, 11) is -4.02. The predicted octanol–water partition coefficient (Wildman–Crippen LogP) is 2.98. The number of fused-ring (bicyclic) bond motifs is 1. The van der Waals surface area contributed by atoms with E-state index in [1.807, 2.05) is 12.1 Å². The number of hydrogen-bond donors (Lipinski definition) is 2. The minimum Gasteiger partial charge on any atom is -0.370 e. The van der Waals surface area contributed by atoms with Gasteiger partial charge in [-0.25, -0.2) is 18.1 Å². The van der Waals surface area contributed by atoms with Crippen LogP contribution in [0.15, 0.2) is 41.3 Å². The van der Waals surface area contributed by atoms with Crippen molar-refractivity contribution in [1.29, 1.82) is 0 Å². The molecule has 1 aromatic heterocycles. The zero-order valence-corrected chi connectivity index (χ0v) is 14.6. The summed E-state index contributed by atoms with van der Waals surface area (Å²) in [4.78, 5) is 4.05. The Kier molecular flexibility index (Phi) is 5.19. The van der Waals surface area contributed by atoms with Crippen LogP contribution in [0.5, 0.6) is 0 Å². The normalized spacial score (nSPS) is 14.6. The minimum absolute atomic E-state index is 0.0460. The minimum atomic E-state index is -4.59. The highest BCUT2D eigenvalue weighted by atomic mass is 32.2. The molecular formula is C17H18F3N3O2S. The van der Waals surface area contributed by atoms with Crippen LogP contribution in [0.3, 0.4) is 0 Å². The van der Waals surface area contributed by atoms with E-state index >= 15 is 0 Å². The molecule has 2 N–H and O–H groups in total. The summed E-state index contributed by atoms with van der Waals surface area (Å²) >= 11 is 0. The van der Waals surface area contributed by atoms with E-state index in [0.717, 1.165) is 49.0 Å². The molecule has 0 fully saturated rings. The van der Waals surface area contributed by atoms with Crippen molar-refractivity contribution in [3.05, 3.63) is 53.2 Å². The molecule has 0 amide bonds. The van der Waals surface area contributed by atoms with Gasteiger partial charge in [-0.2, -0.15) is 13.2 Å². The van der Waals surface area contributed by atoms with Gasteiger partial charge in [0.25, 0.3) is 0 Å². The number of aromatic nitrogens is 1. The maximum absolute atomic E-state index is 12.7. The number of hydrogen-bond acceptors (Lipinski definition) is 4. The molecule has 0 aliphatic carbocycles. The molecule has 0 unspecified atom stereocenters. The molecule has 0 spiro atoms. The fourth-order valence-electron chi connectivity index (χ4n) is 2.74. The van der Waals surface area contributed by atoms with Crippen molar-refractivity contribution >= 4 is 15.8 Å². The fraction of sp³-hybridized carbons (Fsp3) is 0.353. The standard InChI is InChI=1S/C17H18F3N3O2S/c18-17(19,20)13-4-1-5-15(11-13)26(24,25)22-10-8-14-7-6-12-3-2-9-21-16(12)23-14/h1,4-7,11,22H,2-3,8-10H2,(H,21,23). The van der Waals surface area contributed by atoms with Crippen molar-refractivity contribution in [2.24, 2.45) is 0 Å². The van der Waals surface area contributed by atoms with Gasteiger partial charge in [0.05, 0.1) is 10.5 Å². The summed E-state index contributed by atoms with van der Waals surface area (Å²) in [6.07, 6.45) is -2.25. The van der Waals surface area contributed by atoms with E-state index in [1.165, 1.54) is 0 Å². The van der Waals surface area contributed by atoms with Crippen LogP contribution in [0.2, 0.25) is 0 Å². The maximum atomic E-state index is 12.7. The highest BCUT2D eigenvalue weighted by Crippen LogP contribution is 2.30. The second-order valence-corrected chi connectivity index (χ2v) is 7.78. The summed E-state index contributed by atoms with van der Waals surface area (Å²) in [5.74, 6) is 0.814. The first-order valence-corrected chi connectivity index (χ1v) is 9.64. The molecule has 5 nitrogen and oxygen atoms in total. The van der Waals surface area contributed by atoms with Gasteiger partial charge in [0.1, 0.15) is 5.82 Å². The molecule has 2 heterocycles. The smallest absolute Gasteiger partial charge is 0.370 e. The summed E-state index contributed by atoms with van der Waals surface area (Å²) in [6, 6.07) is 7.48. The van der Waals surface area contributed by atoms with Crippen LogP contribution in [-0.4, -0.2) is 26.5 Å². The molecule has 0 bridgehead atoms. The van der Waals surface area contributed by atoms with E-state index < -0.39 is 26.7 Å². The highest BCUT2D eigenvalue weighted by Gasteiger charge is 2.31. The fourth-order valence-corrected chi connectivity index (χ4v) is 3.82. The molecule has 26 heavy (non-hydrogen) atoms. The number of alkyl halides is 3. The van der Waals surface area contributed by atoms with E-state index in [0.29, 0.717) is 18.2 Å². The van der Waals surface area contributed by atoms with Crippen molar-refractivity contribution < 1.29 is 21.6 Å². The SMILES string of the molecule is O=S(=O)(NCCc1ccc2c(n1)NCCC2)c1cccc(C(F)(F)F)c1. The van der Waals surface area contributed by atoms with E-state index in [-0.39, 0.29) is 6.54 Å². The quantitative estimate of drug-likeness (QED) is 0.830. The van der Waals surface area contributed by atoms with Crippen LogP contribution in [0, 0.1) is 0 Å². The summed E-state index contributed by atoms with van der Waals surface area (Å²) in [5.41, 5.74) is 0.845. The molecule has 2 aromatic rings. The Balaban J connectivity index is 1.66. The lowest BCUT2D eigenvalue weighted by Crippen LogP contribution is -2.26. The Morgan fingerprint density at radius 2 is 2.00 bits per heavy atom. The maximum Gasteiger partial charge on any atom is 0.416 e. The second kappa shape index (κ2) is 7.24. The summed E-state index contributed by atoms with van der Waals surface area (Å²) in [5, 5.41) is 3.20. The van der Waals surface area contributed by atoms with Gasteiger partial charge in [0, 0.05) is 25.2 Å². The Morgan fingerprint density at radius 3 is 2.77 bits per heavy atom. The lowest BCUT2D eigenvalue weighted by atomic mass is 10.1. The molecule has 3 rings (SSSR count). The molecule has 0 atom stereocenters. The molecule has 9 heteroatoms. The molecule has 1 aliphatic heterocycles. The molecule has 0 radical (unpaired) electrons. The van der Waals surface area contributed by atoms with Crippen LogP contribution in [0.1, 0.15) is 23.2 Å². The molecular weight excluding hydrogens is 367 g/mol. The Morgan fingerprint density at radius 1 is 1.19 bits per heavy atom. The van der Waals surface area contributed by atoms with Gasteiger partial charge in [-0.05, 0) is 42.7 Å². The number of rotatable bonds is 5. The van der Waals surface area contributed by atoms with Gasteiger partial charge in [0.2, 0.25) is 10.0 Å². The van der Waals surface area contributed by atoms with Crippen molar-refractivity contribution in [3.63, 3.8) is 0 Å². The van der Waals surface area contributed by atoms with Crippen LogP contribution < -0.4 is 10.0 Å². The monoisotopic (exact) mass is 385 g/mol. The summed E-state index contributed by atoms with van der Waals surface area (Å²) in [6.45, 7) is 0.899. The largest absolute Gasteiger partial charge is 0.416 e. The number of anilines is 1. The number of benzene rings is 1. The average molecular weight is 385 g/mol. The molecule has 1 aliphatic rings. The highest BCUT2D eigenvalue weighted by molar-refractivity contribution is 7.89. The van der Waals surface area contributed by atoms with Crippen LogP contribution in [0.25, 0.3) is 0 Å². The van der Waals surface area contributed by atoms with Crippen molar-refractivity contribution in [1.82, 2.24) is 9.71 Å². The first kappa shape index (κ1) is 18.7. The molecule has 140 valence electrons. The first-order chi connectivity index (χ1) is 12.3. The zero-order valence-electron chi connectivity index (χ0n) is 13.8. The average Bonchev–Trinajstić information content (AvgIpc) is 2.61. The third kappa shape index (κ3) is 4.34. The number of halogens is 3. The topological polar surface area (TPSA) is 71.1 Å². The lowest BCUT2D eigenvalue weighted by molar-refractivity contribution is -0.137. The first-order valence-electron chi connectivity index (χ1n) is 8.15. The number of nitrogens with zero attached hydrogens (tertiary/aromatic N) is 1. The van der Waals surface area contributed by atoms with Gasteiger partial charge in [0.15, 0.2) is 0 Å². The zero-order chi connectivity index (χ0) is 18.8. The van der Waals surface area contributed by atoms with E-state index in [9.17, 15) is 21.6 Å². The third-order valence-corrected chi connectivity index (χ3v) is 5.56. The number of pyridine rings is 1. The summed E-state index contributed by atoms with van der Waals surface area (Å²) < 4.78 is 65.0. The number of aryl methyl sites for hydroxylation is 1. The van der Waals surface area contributed by atoms with Crippen LogP contribution in [-0.2, 0) is 29.0 Å². The lowest BCUT2D eigenvalue weighted by Gasteiger charge is -2.17. The number of sulfonamides is 1. The predicted molar refractivity (Wildman–Crippen MR) is 91.4 cm³/mol. The number of nitrogens with one attached hydrogen (secondary N) is 2. The van der Waals surface area contributed by atoms with Gasteiger partial charge < -0.3 is 5.32 Å². The van der Waals surface area contributed by atoms with E-state index in [2.05, 4.69) is 15.0 Å². The molecule has 1 aromatic carbocycles. The van der Waals surface area contributed by atoms with Gasteiger partial charge in [-0.1, -0.05) is 12.1 Å². The van der Waals surface area contributed by atoms with Crippen molar-refractivity contribution in [2.45, 2.75) is 30.3 Å². The van der Waals surface area contributed by atoms with Crippen molar-refractivity contribution in [3.8, 4) is 0 Å². The van der Waals surface area contributed by atoms with E-state index in [4.69, 9.17) is 0 Å². The van der Waals surface area contributed by atoms with Crippen LogP contribution >= 0.6 is 0 Å². The van der Waals surface area contributed by atoms with Gasteiger partial charge in [-0.15, -0.1) is 0 Å². The van der Waals surface area contributed by atoms with Crippen molar-refractivity contribution in [2.75, 3.05) is 18.4 Å². The van der Waals surface area contributed by atoms with Crippen LogP contribution in [0.4, 0.5) is 19.0 Å². The Hall–Kier alpha value is -2.13. The van der Waals surface area contributed by atoms with Gasteiger partial charge in [-0.3, -0.25) is 0 Å². The van der Waals surface area contributed by atoms with E-state index in [1.54, 1.807) is 0 Å². The Bertz CT molecular complexity index is 898. The Labute approximate surface area is 149 Å². The van der Waals surface area contributed by atoms with Gasteiger partial charge >= 0.3 is 6.18 Å².